The summed E-state index contributed by atoms with van der Waals surface area (Å²) in [6, 6.07) is 8.26. The summed E-state index contributed by atoms with van der Waals surface area (Å²) in [5.41, 5.74) is 8.14. The van der Waals surface area contributed by atoms with Crippen molar-refractivity contribution in [1.82, 2.24) is 19.7 Å². The van der Waals surface area contributed by atoms with Crippen molar-refractivity contribution in [2.45, 2.75) is 13.0 Å². The van der Waals surface area contributed by atoms with E-state index in [4.69, 9.17) is 16.4 Å². The van der Waals surface area contributed by atoms with Crippen LogP contribution in [0.4, 0.5) is 20.7 Å². The quantitative estimate of drug-likeness (QED) is 0.434. The summed E-state index contributed by atoms with van der Waals surface area (Å²) in [7, 11) is 0. The zero-order valence-corrected chi connectivity index (χ0v) is 16.4. The van der Waals surface area contributed by atoms with Crippen LogP contribution in [-0.2, 0) is 22.5 Å². The van der Waals surface area contributed by atoms with Crippen LogP contribution in [0.2, 0.25) is 0 Å². The van der Waals surface area contributed by atoms with E-state index in [9.17, 15) is 9.18 Å². The van der Waals surface area contributed by atoms with Crippen molar-refractivity contribution in [2.24, 2.45) is 5.90 Å². The summed E-state index contributed by atoms with van der Waals surface area (Å²) in [6.45, 7) is 0.874. The predicted octanol–water partition coefficient (Wildman–Crippen LogP) is 2.01. The van der Waals surface area contributed by atoms with Crippen LogP contribution >= 0.6 is 0 Å². The number of nitrogens with zero attached hydrogens (tertiary/aromatic N) is 5. The third-order valence-electron chi connectivity index (χ3n) is 4.72. The molecule has 2 aromatic heterocycles. The van der Waals surface area contributed by atoms with E-state index in [1.165, 1.54) is 23.4 Å². The summed E-state index contributed by atoms with van der Waals surface area (Å²) in [4.78, 5) is 26.2. The molecule has 31 heavy (non-hydrogen) atoms. The van der Waals surface area contributed by atoms with Crippen molar-refractivity contribution < 1.29 is 18.8 Å². The smallest absolute Gasteiger partial charge is 0.414 e. The minimum Gasteiger partial charge on any atom is -0.447 e. The van der Waals surface area contributed by atoms with Gasteiger partial charge >= 0.3 is 6.09 Å². The summed E-state index contributed by atoms with van der Waals surface area (Å²) in [5, 5.41) is 4.54. The third kappa shape index (κ3) is 4.31. The number of hydrogen-bond donors (Lipinski definition) is 2. The van der Waals surface area contributed by atoms with E-state index in [0.717, 1.165) is 5.69 Å². The van der Waals surface area contributed by atoms with Gasteiger partial charge in [-0.2, -0.15) is 11.0 Å². The first kappa shape index (κ1) is 20.3. The van der Waals surface area contributed by atoms with Gasteiger partial charge in [-0.15, -0.1) is 0 Å². The lowest BCUT2D eigenvalue weighted by atomic mass is 10.2. The van der Waals surface area contributed by atoms with Gasteiger partial charge in [-0.05, 0) is 18.2 Å². The number of nitrogen functional groups attached to an aromatic ring is 1. The van der Waals surface area contributed by atoms with Crippen molar-refractivity contribution in [3.05, 3.63) is 65.9 Å². The van der Waals surface area contributed by atoms with E-state index in [1.807, 2.05) is 0 Å². The number of carbonyl (C=O) groups is 1. The highest BCUT2D eigenvalue weighted by molar-refractivity contribution is 5.92. The van der Waals surface area contributed by atoms with Gasteiger partial charge in [0.1, 0.15) is 30.1 Å². The number of cyclic esters (lactones) is 1. The first-order valence-electron chi connectivity index (χ1n) is 9.44. The molecule has 0 bridgehead atoms. The standard InChI is InChI=1S/C20H20FN7O3/c21-15-6-2-1-4-13(15)12-28-14(5-3-8-31-23)10-16(26-28)19-24-11-17(18(22)25-19)27-7-9-30-20(27)29/h1-4,6,8,10-11H,5,7,9,12,23H2,(H2,22,24,25)/b8-3-. The molecule has 1 fully saturated rings. The van der Waals surface area contributed by atoms with Crippen LogP contribution < -0.4 is 16.5 Å². The van der Waals surface area contributed by atoms with Crippen molar-refractivity contribution in [2.75, 3.05) is 23.8 Å². The Balaban J connectivity index is 1.66. The summed E-state index contributed by atoms with van der Waals surface area (Å²) in [5.74, 6) is 5.12. The Kier molecular flexibility index (Phi) is 5.76. The number of hydrogen-bond acceptors (Lipinski definition) is 8. The number of aromatic nitrogens is 4. The van der Waals surface area contributed by atoms with E-state index in [1.54, 1.807) is 35.0 Å². The Morgan fingerprint density at radius 1 is 1.32 bits per heavy atom. The second-order valence-electron chi connectivity index (χ2n) is 6.71. The number of amides is 1. The maximum Gasteiger partial charge on any atom is 0.414 e. The minimum atomic E-state index is -0.492. The second-order valence-corrected chi connectivity index (χ2v) is 6.71. The van der Waals surface area contributed by atoms with Crippen LogP contribution in [0.15, 0.2) is 48.9 Å². The van der Waals surface area contributed by atoms with Gasteiger partial charge in [0.15, 0.2) is 11.6 Å². The average Bonchev–Trinajstić information content (AvgIpc) is 3.36. The van der Waals surface area contributed by atoms with Crippen LogP contribution in [0.25, 0.3) is 11.5 Å². The molecule has 0 aliphatic carbocycles. The number of anilines is 2. The fourth-order valence-corrected chi connectivity index (χ4v) is 3.21. The van der Waals surface area contributed by atoms with Gasteiger partial charge < -0.3 is 15.3 Å². The molecule has 0 unspecified atom stereocenters. The zero-order chi connectivity index (χ0) is 21.8. The monoisotopic (exact) mass is 425 g/mol. The largest absolute Gasteiger partial charge is 0.447 e. The second kappa shape index (κ2) is 8.79. The van der Waals surface area contributed by atoms with E-state index >= 15 is 0 Å². The molecule has 4 N–H and O–H groups in total. The lowest BCUT2D eigenvalue weighted by Gasteiger charge is -2.14. The number of nitrogens with two attached hydrogens (primary N) is 2. The highest BCUT2D eigenvalue weighted by Gasteiger charge is 2.26. The predicted molar refractivity (Wildman–Crippen MR) is 110 cm³/mol. The van der Waals surface area contributed by atoms with Crippen molar-refractivity contribution >= 4 is 17.6 Å². The van der Waals surface area contributed by atoms with E-state index in [-0.39, 0.29) is 30.6 Å². The van der Waals surface area contributed by atoms with E-state index < -0.39 is 6.09 Å². The van der Waals surface area contributed by atoms with E-state index in [2.05, 4.69) is 19.9 Å². The number of ether oxygens (including phenoxy) is 1. The molecule has 0 radical (unpaired) electrons. The van der Waals surface area contributed by atoms with Gasteiger partial charge in [-0.25, -0.2) is 19.2 Å². The molecule has 160 valence electrons. The van der Waals surface area contributed by atoms with Crippen LogP contribution in [0.1, 0.15) is 11.3 Å². The molecule has 1 aliphatic heterocycles. The van der Waals surface area contributed by atoms with Crippen molar-refractivity contribution in [3.8, 4) is 11.5 Å². The molecular weight excluding hydrogens is 405 g/mol. The molecule has 3 heterocycles. The highest BCUT2D eigenvalue weighted by Crippen LogP contribution is 2.26. The zero-order valence-electron chi connectivity index (χ0n) is 16.4. The number of carbonyl (C=O) groups excluding carboxylic acids is 1. The van der Waals surface area contributed by atoms with Gasteiger partial charge in [0, 0.05) is 17.7 Å². The van der Waals surface area contributed by atoms with Crippen LogP contribution in [-0.4, -0.2) is 39.0 Å². The van der Waals surface area contributed by atoms with E-state index in [0.29, 0.717) is 29.9 Å². The topological polar surface area (TPSA) is 134 Å². The Labute approximate surface area is 176 Å². The van der Waals surface area contributed by atoms with Crippen LogP contribution in [0.3, 0.4) is 0 Å². The van der Waals surface area contributed by atoms with Crippen molar-refractivity contribution in [1.29, 1.82) is 0 Å². The first-order chi connectivity index (χ1) is 15.1. The molecule has 1 aliphatic rings. The highest BCUT2D eigenvalue weighted by atomic mass is 19.1. The normalized spacial score (nSPS) is 13.7. The molecule has 0 atom stereocenters. The fraction of sp³-hybridized carbons (Fsp3) is 0.200. The van der Waals surface area contributed by atoms with Crippen LogP contribution in [0.5, 0.6) is 0 Å². The first-order valence-corrected chi connectivity index (χ1v) is 9.44. The lowest BCUT2D eigenvalue weighted by Crippen LogP contribution is -2.25. The summed E-state index contributed by atoms with van der Waals surface area (Å²) in [6.07, 6.45) is 4.45. The molecule has 1 amide bonds. The Morgan fingerprint density at radius 3 is 2.87 bits per heavy atom. The molecule has 1 aromatic carbocycles. The Bertz CT molecular complexity index is 1130. The Hall–Kier alpha value is -3.99. The molecule has 11 heteroatoms. The molecule has 3 aromatic rings. The maximum absolute atomic E-state index is 14.1. The fourth-order valence-electron chi connectivity index (χ4n) is 3.21. The van der Waals surface area contributed by atoms with Gasteiger partial charge in [-0.1, -0.05) is 18.2 Å². The molecule has 0 saturated carbocycles. The number of rotatable bonds is 7. The number of allylic oxidation sites excluding steroid dienone is 1. The van der Waals surface area contributed by atoms with Gasteiger partial charge in [0.05, 0.1) is 19.3 Å². The van der Waals surface area contributed by atoms with Gasteiger partial charge in [0.2, 0.25) is 0 Å². The van der Waals surface area contributed by atoms with Gasteiger partial charge in [-0.3, -0.25) is 9.58 Å². The van der Waals surface area contributed by atoms with Crippen molar-refractivity contribution in [3.63, 3.8) is 0 Å². The number of benzene rings is 1. The summed E-state index contributed by atoms with van der Waals surface area (Å²) >= 11 is 0. The SMILES string of the molecule is NO/C=C\Cc1cc(-c2ncc(N3CCOC3=O)c(N)n2)nn1Cc1ccccc1F. The average molecular weight is 425 g/mol. The molecule has 10 nitrogen and oxygen atoms in total. The number of halogens is 1. The molecule has 4 rings (SSSR count). The third-order valence-corrected chi connectivity index (χ3v) is 4.72. The van der Waals surface area contributed by atoms with Gasteiger partial charge in [0.25, 0.3) is 0 Å². The minimum absolute atomic E-state index is 0.130. The molecule has 0 spiro atoms. The van der Waals surface area contributed by atoms with Crippen LogP contribution in [0, 0.1) is 5.82 Å². The lowest BCUT2D eigenvalue weighted by molar-refractivity contribution is 0.181. The summed E-state index contributed by atoms with van der Waals surface area (Å²) < 4.78 is 20.7. The molecule has 1 saturated heterocycles. The maximum atomic E-state index is 14.1. The molecular formula is C20H20FN7O3. The Morgan fingerprint density at radius 2 is 2.16 bits per heavy atom.